The normalized spacial score (nSPS) is 12.3. The van der Waals surface area contributed by atoms with Crippen LogP contribution in [-0.4, -0.2) is 19.5 Å². The molecule has 0 saturated carbocycles. The van der Waals surface area contributed by atoms with E-state index in [0.717, 1.165) is 45.3 Å². The molecule has 0 N–H and O–H groups in total. The highest BCUT2D eigenvalue weighted by Crippen LogP contribution is 2.52. The van der Waals surface area contributed by atoms with Gasteiger partial charge in [-0.15, -0.1) is 0 Å². The maximum atomic E-state index is 4.88. The largest absolute Gasteiger partial charge is 0.294 e. The minimum Gasteiger partial charge on any atom is -0.294 e. The molecule has 5 heterocycles. The Morgan fingerprint density at radius 3 is 2.09 bits per heavy atom. The van der Waals surface area contributed by atoms with Gasteiger partial charge in [-0.2, -0.15) is 0 Å². The fraction of sp³-hybridized carbons (Fsp3) is 0.0513. The Hall–Kier alpha value is -5.81. The number of fused-ring (bicyclic) bond motifs is 5. The first-order valence-corrected chi connectivity index (χ1v) is 14.9. The summed E-state index contributed by atoms with van der Waals surface area (Å²) in [6.07, 6.45) is 5.64. The van der Waals surface area contributed by atoms with E-state index < -0.39 is 0 Å². The maximum Gasteiger partial charge on any atom is 0.137 e. The molecule has 0 saturated heterocycles. The molecule has 0 fully saturated rings. The van der Waals surface area contributed by atoms with Crippen LogP contribution in [0.5, 0.6) is 0 Å². The van der Waals surface area contributed by atoms with Crippen LogP contribution in [0.25, 0.3) is 60.8 Å². The average molecular weight is 566 g/mol. The van der Waals surface area contributed by atoms with Crippen LogP contribution in [0.15, 0.2) is 128 Å². The first-order chi connectivity index (χ1) is 21.6. The Morgan fingerprint density at radius 1 is 0.523 bits per heavy atom. The summed E-state index contributed by atoms with van der Waals surface area (Å²) in [5, 5.41) is 4.80. The van der Waals surface area contributed by atoms with Crippen molar-refractivity contribution in [3.63, 3.8) is 0 Å². The third-order valence-corrected chi connectivity index (χ3v) is 8.76. The Morgan fingerprint density at radius 2 is 1.30 bits per heavy atom. The second-order valence-corrected chi connectivity index (χ2v) is 11.6. The molecule has 1 aliphatic rings. The summed E-state index contributed by atoms with van der Waals surface area (Å²) < 4.78 is 2.29. The second kappa shape index (κ2) is 9.35. The molecule has 4 aromatic carbocycles. The van der Waals surface area contributed by atoms with Crippen LogP contribution >= 0.6 is 0 Å². The van der Waals surface area contributed by atoms with Gasteiger partial charge in [-0.1, -0.05) is 42.5 Å². The molecule has 0 amide bonds. The first-order valence-electron chi connectivity index (χ1n) is 14.9. The monoisotopic (exact) mass is 565 g/mol. The van der Waals surface area contributed by atoms with Gasteiger partial charge in [0.05, 0.1) is 28.1 Å². The summed E-state index contributed by atoms with van der Waals surface area (Å²) in [7, 11) is 0. The van der Waals surface area contributed by atoms with Gasteiger partial charge in [-0.25, -0.2) is 9.97 Å². The van der Waals surface area contributed by atoms with Gasteiger partial charge in [-0.05, 0) is 103 Å². The van der Waals surface area contributed by atoms with Gasteiger partial charge in [0.25, 0.3) is 0 Å². The van der Waals surface area contributed by atoms with Crippen molar-refractivity contribution in [2.24, 2.45) is 0 Å². The van der Waals surface area contributed by atoms with Crippen molar-refractivity contribution in [1.82, 2.24) is 19.5 Å². The van der Waals surface area contributed by atoms with Crippen molar-refractivity contribution < 1.29 is 0 Å². The number of hydrogen-bond donors (Lipinski definition) is 0. The number of aryl methyl sites for hydroxylation is 2. The van der Waals surface area contributed by atoms with E-state index in [1.807, 2.05) is 42.9 Å². The van der Waals surface area contributed by atoms with Gasteiger partial charge in [-0.3, -0.25) is 14.5 Å². The molecule has 0 atom stereocenters. The van der Waals surface area contributed by atoms with Gasteiger partial charge in [0, 0.05) is 45.9 Å². The molecule has 1 aliphatic heterocycles. The molecule has 0 unspecified atom stereocenters. The van der Waals surface area contributed by atoms with Gasteiger partial charge in [0.15, 0.2) is 0 Å². The number of anilines is 3. The van der Waals surface area contributed by atoms with Crippen LogP contribution in [0.3, 0.4) is 0 Å². The number of hydrogen-bond acceptors (Lipinski definition) is 4. The molecule has 4 aromatic heterocycles. The molecule has 9 rings (SSSR count). The van der Waals surface area contributed by atoms with E-state index in [9.17, 15) is 0 Å². The molecular formula is C39H27N5. The summed E-state index contributed by atoms with van der Waals surface area (Å²) in [5.41, 5.74) is 11.2. The highest BCUT2D eigenvalue weighted by molar-refractivity contribution is 6.19. The van der Waals surface area contributed by atoms with Crippen LogP contribution in [-0.2, 0) is 0 Å². The SMILES string of the molecule is Cc1ccnc(N2c3cc4c(cc3-c3cccc5cccc2c35)c2cc(-c3ccccn3)ccc2n4-c2cc(C)ccn2)c1. The predicted octanol–water partition coefficient (Wildman–Crippen LogP) is 9.86. The maximum absolute atomic E-state index is 4.88. The lowest BCUT2D eigenvalue weighted by molar-refractivity contribution is 1.07. The third-order valence-electron chi connectivity index (χ3n) is 8.76. The van der Waals surface area contributed by atoms with E-state index in [0.29, 0.717) is 0 Å². The van der Waals surface area contributed by atoms with E-state index in [1.165, 1.54) is 43.8 Å². The summed E-state index contributed by atoms with van der Waals surface area (Å²) >= 11 is 0. The van der Waals surface area contributed by atoms with Gasteiger partial charge in [0.1, 0.15) is 11.6 Å². The molecule has 0 bridgehead atoms. The molecule has 44 heavy (non-hydrogen) atoms. The van der Waals surface area contributed by atoms with E-state index in [4.69, 9.17) is 9.97 Å². The van der Waals surface area contributed by atoms with E-state index in [1.54, 1.807) is 0 Å². The van der Waals surface area contributed by atoms with Crippen molar-refractivity contribution in [3.05, 3.63) is 139 Å². The van der Waals surface area contributed by atoms with Crippen LogP contribution in [0, 0.1) is 13.8 Å². The highest BCUT2D eigenvalue weighted by Gasteiger charge is 2.29. The van der Waals surface area contributed by atoms with Gasteiger partial charge < -0.3 is 0 Å². The van der Waals surface area contributed by atoms with Crippen molar-refractivity contribution in [2.45, 2.75) is 13.8 Å². The van der Waals surface area contributed by atoms with Gasteiger partial charge >= 0.3 is 0 Å². The Balaban J connectivity index is 1.43. The van der Waals surface area contributed by atoms with Gasteiger partial charge in [0.2, 0.25) is 0 Å². The fourth-order valence-electron chi connectivity index (χ4n) is 6.79. The fourth-order valence-corrected chi connectivity index (χ4v) is 6.79. The molecular weight excluding hydrogens is 538 g/mol. The predicted molar refractivity (Wildman–Crippen MR) is 180 cm³/mol. The summed E-state index contributed by atoms with van der Waals surface area (Å²) in [4.78, 5) is 16.7. The standard InChI is InChI=1S/C39H27N5/c1-24-14-17-41-37(19-24)43-33-13-12-27(32-10-3-4-16-40-32)21-29(33)31-22-30-28-9-5-7-26-8-6-11-34(39(26)28)44(35(30)23-36(31)43)38-20-25(2)15-18-42-38/h3-23H,1-2H3. The highest BCUT2D eigenvalue weighted by atomic mass is 15.2. The topological polar surface area (TPSA) is 46.8 Å². The van der Waals surface area contributed by atoms with Crippen LogP contribution < -0.4 is 4.90 Å². The van der Waals surface area contributed by atoms with Crippen molar-refractivity contribution in [1.29, 1.82) is 0 Å². The zero-order valence-corrected chi connectivity index (χ0v) is 24.4. The Bertz CT molecular complexity index is 2420. The zero-order valence-electron chi connectivity index (χ0n) is 24.4. The smallest absolute Gasteiger partial charge is 0.137 e. The number of benzene rings is 4. The third kappa shape index (κ3) is 3.62. The summed E-state index contributed by atoms with van der Waals surface area (Å²) in [5.74, 6) is 1.80. The van der Waals surface area contributed by atoms with Crippen molar-refractivity contribution >= 4 is 49.8 Å². The molecule has 8 aromatic rings. The van der Waals surface area contributed by atoms with Crippen LogP contribution in [0.1, 0.15) is 11.1 Å². The molecule has 5 heteroatoms. The van der Waals surface area contributed by atoms with E-state index in [-0.39, 0.29) is 0 Å². The molecule has 208 valence electrons. The quantitative estimate of drug-likeness (QED) is 0.214. The van der Waals surface area contributed by atoms with Crippen molar-refractivity contribution in [3.8, 4) is 28.2 Å². The van der Waals surface area contributed by atoms with Crippen LogP contribution in [0.4, 0.5) is 17.2 Å². The molecule has 0 aliphatic carbocycles. The minimum atomic E-state index is 0.897. The zero-order chi connectivity index (χ0) is 29.4. The number of rotatable bonds is 3. The molecule has 0 radical (unpaired) electrons. The first kappa shape index (κ1) is 24.8. The second-order valence-electron chi connectivity index (χ2n) is 11.6. The lowest BCUT2D eigenvalue weighted by Gasteiger charge is -2.33. The number of aromatic nitrogens is 4. The lowest BCUT2D eigenvalue weighted by Crippen LogP contribution is -2.16. The number of pyridine rings is 3. The lowest BCUT2D eigenvalue weighted by atomic mass is 9.90. The summed E-state index contributed by atoms with van der Waals surface area (Å²) in [6, 6.07) is 39.0. The summed E-state index contributed by atoms with van der Waals surface area (Å²) in [6.45, 7) is 4.23. The van der Waals surface area contributed by atoms with Crippen LogP contribution in [0.2, 0.25) is 0 Å². The van der Waals surface area contributed by atoms with Crippen molar-refractivity contribution in [2.75, 3.05) is 4.90 Å². The Kier molecular flexibility index (Phi) is 5.26. The average Bonchev–Trinajstić information content (AvgIpc) is 3.37. The van der Waals surface area contributed by atoms with E-state index in [2.05, 4.69) is 113 Å². The molecule has 0 spiro atoms. The number of nitrogens with zero attached hydrogens (tertiary/aromatic N) is 5. The minimum absolute atomic E-state index is 0.897. The molecule has 5 nitrogen and oxygen atoms in total. The Labute approximate surface area is 254 Å². The van der Waals surface area contributed by atoms with E-state index >= 15 is 0 Å².